The number of likely N-dealkylation sites (tertiary alicyclic amines) is 1. The molecule has 0 saturated carbocycles. The van der Waals surface area contributed by atoms with Crippen LogP contribution in [0, 0.1) is 6.92 Å². The lowest BCUT2D eigenvalue weighted by molar-refractivity contribution is 0.237. The monoisotopic (exact) mass is 382 g/mol. The van der Waals surface area contributed by atoms with E-state index in [4.69, 9.17) is 0 Å². The van der Waals surface area contributed by atoms with E-state index in [1.807, 2.05) is 30.3 Å². The van der Waals surface area contributed by atoms with Crippen LogP contribution in [0.5, 0.6) is 0 Å². The van der Waals surface area contributed by atoms with Gasteiger partial charge >= 0.3 is 0 Å². The summed E-state index contributed by atoms with van der Waals surface area (Å²) in [6.07, 6.45) is 4.06. The average Bonchev–Trinajstić information content (AvgIpc) is 3.23. The molecule has 142 valence electrons. The minimum atomic E-state index is -3.56. The second-order valence-corrected chi connectivity index (χ2v) is 10.2. The van der Waals surface area contributed by atoms with Crippen molar-refractivity contribution in [3.63, 3.8) is 0 Å². The van der Waals surface area contributed by atoms with E-state index in [1.165, 1.54) is 22.3 Å². The molecule has 0 spiro atoms. The summed E-state index contributed by atoms with van der Waals surface area (Å²) in [6.45, 7) is 3.93. The first-order chi connectivity index (χ1) is 12.9. The van der Waals surface area contributed by atoms with Crippen molar-refractivity contribution < 1.29 is 8.42 Å². The van der Waals surface area contributed by atoms with Crippen LogP contribution in [0.4, 0.5) is 5.69 Å². The van der Waals surface area contributed by atoms with Gasteiger partial charge in [0.2, 0.25) is 0 Å². The highest BCUT2D eigenvalue weighted by Crippen LogP contribution is 2.47. The second kappa shape index (κ2) is 6.08. The normalized spacial score (nSPS) is 24.6. The van der Waals surface area contributed by atoms with E-state index in [0.717, 1.165) is 44.5 Å². The molecular formula is C22H26N2O2S. The lowest BCUT2D eigenvalue weighted by Crippen LogP contribution is -2.47. The van der Waals surface area contributed by atoms with Crippen LogP contribution in [0.15, 0.2) is 41.3 Å². The fourth-order valence-electron chi connectivity index (χ4n) is 5.17. The van der Waals surface area contributed by atoms with Crippen molar-refractivity contribution in [3.8, 4) is 0 Å². The van der Waals surface area contributed by atoms with Crippen molar-refractivity contribution in [3.05, 3.63) is 58.7 Å². The smallest absolute Gasteiger partial charge is 0.264 e. The van der Waals surface area contributed by atoms with Crippen LogP contribution in [0.25, 0.3) is 0 Å². The van der Waals surface area contributed by atoms with E-state index in [-0.39, 0.29) is 12.0 Å². The van der Waals surface area contributed by atoms with E-state index in [1.54, 1.807) is 4.31 Å². The molecule has 1 aliphatic carbocycles. The Morgan fingerprint density at radius 2 is 1.85 bits per heavy atom. The summed E-state index contributed by atoms with van der Waals surface area (Å²) in [7, 11) is -1.43. The summed E-state index contributed by atoms with van der Waals surface area (Å²) in [6, 6.07) is 12.0. The lowest BCUT2D eigenvalue weighted by atomic mass is 9.89. The van der Waals surface area contributed by atoms with Crippen molar-refractivity contribution >= 4 is 15.7 Å². The Kier molecular flexibility index (Phi) is 3.89. The van der Waals surface area contributed by atoms with Crippen LogP contribution in [0.3, 0.4) is 0 Å². The van der Waals surface area contributed by atoms with Gasteiger partial charge in [-0.2, -0.15) is 0 Å². The SMILES string of the molecule is Cc1ccc2c(c1)[C@@H]1CN(C)CC[C@@H]1N2S(=O)(=O)c1ccc2c(c1)CCC2. The molecule has 2 atom stereocenters. The number of hydrogen-bond donors (Lipinski definition) is 0. The first-order valence-electron chi connectivity index (χ1n) is 9.90. The maximum Gasteiger partial charge on any atom is 0.264 e. The molecule has 0 amide bonds. The second-order valence-electron chi connectivity index (χ2n) is 8.37. The van der Waals surface area contributed by atoms with Gasteiger partial charge in [-0.25, -0.2) is 8.42 Å². The molecule has 2 aliphatic heterocycles. The number of benzene rings is 2. The molecule has 0 N–H and O–H groups in total. The van der Waals surface area contributed by atoms with Gasteiger partial charge in [0.15, 0.2) is 0 Å². The molecule has 1 saturated heterocycles. The third-order valence-corrected chi connectivity index (χ3v) is 8.36. The fraction of sp³-hybridized carbons (Fsp3) is 0.455. The van der Waals surface area contributed by atoms with E-state index >= 15 is 0 Å². The minimum Gasteiger partial charge on any atom is -0.306 e. The van der Waals surface area contributed by atoms with Crippen molar-refractivity contribution in [1.29, 1.82) is 0 Å². The van der Waals surface area contributed by atoms with Gasteiger partial charge in [0, 0.05) is 12.5 Å². The summed E-state index contributed by atoms with van der Waals surface area (Å²) in [5, 5.41) is 0. The molecular weight excluding hydrogens is 356 g/mol. The number of sulfonamides is 1. The number of fused-ring (bicyclic) bond motifs is 4. The van der Waals surface area contributed by atoms with Crippen LogP contribution < -0.4 is 4.31 Å². The number of hydrogen-bond acceptors (Lipinski definition) is 3. The zero-order valence-electron chi connectivity index (χ0n) is 16.0. The van der Waals surface area contributed by atoms with Crippen molar-refractivity contribution in [2.45, 2.75) is 49.5 Å². The number of nitrogens with zero attached hydrogens (tertiary/aromatic N) is 2. The molecule has 2 heterocycles. The van der Waals surface area contributed by atoms with Crippen LogP contribution in [0.1, 0.15) is 41.0 Å². The summed E-state index contributed by atoms with van der Waals surface area (Å²) >= 11 is 0. The van der Waals surface area contributed by atoms with Gasteiger partial charge in [-0.3, -0.25) is 4.31 Å². The Bertz CT molecular complexity index is 1010. The molecule has 2 aromatic rings. The van der Waals surface area contributed by atoms with Gasteiger partial charge < -0.3 is 4.90 Å². The Labute approximate surface area is 161 Å². The molecule has 4 nitrogen and oxygen atoms in total. The fourth-order valence-corrected chi connectivity index (χ4v) is 6.96. The molecule has 5 heteroatoms. The van der Waals surface area contributed by atoms with Gasteiger partial charge in [-0.05, 0) is 81.1 Å². The standard InChI is InChI=1S/C22H26N2O2S/c1-15-6-9-21-19(12-15)20-14-23(2)11-10-22(20)24(21)27(25,26)18-8-7-16-4-3-5-17(16)13-18/h6-9,12-13,20,22H,3-5,10-11,14H2,1-2H3/t20-,22-/m0/s1. The van der Waals surface area contributed by atoms with Crippen molar-refractivity contribution in [2.75, 3.05) is 24.4 Å². The Morgan fingerprint density at radius 1 is 1.04 bits per heavy atom. The molecule has 0 aromatic heterocycles. The van der Waals surface area contributed by atoms with Gasteiger partial charge in [0.1, 0.15) is 0 Å². The molecule has 0 bridgehead atoms. The predicted molar refractivity (Wildman–Crippen MR) is 108 cm³/mol. The Morgan fingerprint density at radius 3 is 2.70 bits per heavy atom. The lowest BCUT2D eigenvalue weighted by Gasteiger charge is -2.36. The summed E-state index contributed by atoms with van der Waals surface area (Å²) < 4.78 is 29.2. The van der Waals surface area contributed by atoms with Crippen LogP contribution >= 0.6 is 0 Å². The van der Waals surface area contributed by atoms with Crippen LogP contribution in [-0.4, -0.2) is 39.5 Å². The van der Waals surface area contributed by atoms with Gasteiger partial charge in [-0.1, -0.05) is 23.8 Å². The van der Waals surface area contributed by atoms with Gasteiger partial charge in [0.05, 0.1) is 16.6 Å². The van der Waals surface area contributed by atoms with Gasteiger partial charge in [0.25, 0.3) is 10.0 Å². The quantitative estimate of drug-likeness (QED) is 0.798. The third kappa shape index (κ3) is 2.63. The molecule has 5 rings (SSSR count). The highest BCUT2D eigenvalue weighted by atomic mass is 32.2. The maximum atomic E-state index is 13.7. The molecule has 0 radical (unpaired) electrons. The number of piperidine rings is 1. The Balaban J connectivity index is 1.63. The van der Waals surface area contributed by atoms with E-state index in [0.29, 0.717) is 4.90 Å². The summed E-state index contributed by atoms with van der Waals surface area (Å²) in [5.74, 6) is 0.253. The molecule has 2 aromatic carbocycles. The van der Waals surface area contributed by atoms with E-state index < -0.39 is 10.0 Å². The number of anilines is 1. The van der Waals surface area contributed by atoms with E-state index in [2.05, 4.69) is 24.9 Å². The number of rotatable bonds is 2. The number of likely N-dealkylation sites (N-methyl/N-ethyl adjacent to an activating group) is 1. The summed E-state index contributed by atoms with van der Waals surface area (Å²) in [5.41, 5.74) is 5.78. The minimum absolute atomic E-state index is 0.0243. The molecule has 1 fully saturated rings. The first kappa shape index (κ1) is 17.3. The van der Waals surface area contributed by atoms with Crippen LogP contribution in [-0.2, 0) is 22.9 Å². The average molecular weight is 383 g/mol. The molecule has 0 unspecified atom stereocenters. The Hall–Kier alpha value is -1.85. The highest BCUT2D eigenvalue weighted by molar-refractivity contribution is 7.92. The van der Waals surface area contributed by atoms with Gasteiger partial charge in [-0.15, -0.1) is 0 Å². The topological polar surface area (TPSA) is 40.6 Å². The molecule has 3 aliphatic rings. The predicted octanol–water partition coefficient (Wildman–Crippen LogP) is 3.48. The van der Waals surface area contributed by atoms with Crippen molar-refractivity contribution in [2.24, 2.45) is 0 Å². The third-order valence-electron chi connectivity index (χ3n) is 6.53. The largest absolute Gasteiger partial charge is 0.306 e. The van der Waals surface area contributed by atoms with Crippen LogP contribution in [0.2, 0.25) is 0 Å². The zero-order valence-corrected chi connectivity index (χ0v) is 16.8. The zero-order chi connectivity index (χ0) is 18.8. The first-order valence-corrected chi connectivity index (χ1v) is 11.3. The molecule has 27 heavy (non-hydrogen) atoms. The van der Waals surface area contributed by atoms with E-state index in [9.17, 15) is 8.42 Å². The number of aryl methyl sites for hydroxylation is 3. The van der Waals surface area contributed by atoms with Crippen molar-refractivity contribution in [1.82, 2.24) is 4.90 Å². The maximum absolute atomic E-state index is 13.7. The highest BCUT2D eigenvalue weighted by Gasteiger charge is 2.46. The summed E-state index contributed by atoms with van der Waals surface area (Å²) in [4.78, 5) is 2.77.